The van der Waals surface area contributed by atoms with Crippen LogP contribution in [0.1, 0.15) is 17.3 Å². The van der Waals surface area contributed by atoms with Crippen LogP contribution in [0.5, 0.6) is 11.5 Å². The van der Waals surface area contributed by atoms with E-state index in [9.17, 15) is 14.0 Å². The highest BCUT2D eigenvalue weighted by Gasteiger charge is 2.14. The molecule has 0 saturated carbocycles. The van der Waals surface area contributed by atoms with E-state index < -0.39 is 17.7 Å². The molecule has 0 aliphatic rings. The van der Waals surface area contributed by atoms with Crippen molar-refractivity contribution in [2.75, 3.05) is 13.2 Å². The molecule has 2 aromatic rings. The van der Waals surface area contributed by atoms with Gasteiger partial charge in [0.25, 0.3) is 5.91 Å². The predicted molar refractivity (Wildman–Crippen MR) is 94.7 cm³/mol. The van der Waals surface area contributed by atoms with Crippen molar-refractivity contribution in [1.29, 1.82) is 0 Å². The summed E-state index contributed by atoms with van der Waals surface area (Å²) < 4.78 is 24.0. The van der Waals surface area contributed by atoms with Crippen molar-refractivity contribution >= 4 is 27.8 Å². The number of amides is 1. The zero-order chi connectivity index (χ0) is 18.2. The summed E-state index contributed by atoms with van der Waals surface area (Å²) in [7, 11) is 0. The number of nitrogens with one attached hydrogen (secondary N) is 1. The molecule has 0 unspecified atom stereocenters. The molecule has 132 valence electrons. The molecule has 1 atom stereocenters. The normalized spacial score (nSPS) is 11.5. The van der Waals surface area contributed by atoms with Gasteiger partial charge in [0, 0.05) is 16.5 Å². The van der Waals surface area contributed by atoms with Crippen LogP contribution in [0.4, 0.5) is 4.39 Å². The maximum Gasteiger partial charge on any atom is 0.330 e. The summed E-state index contributed by atoms with van der Waals surface area (Å²) in [6.45, 7) is 1.85. The molecule has 0 fully saturated rings. The number of hydrogen-bond acceptors (Lipinski definition) is 4. The van der Waals surface area contributed by atoms with Gasteiger partial charge < -0.3 is 14.8 Å². The lowest BCUT2D eigenvalue weighted by Crippen LogP contribution is -2.31. The first-order valence-electron chi connectivity index (χ1n) is 7.56. The summed E-state index contributed by atoms with van der Waals surface area (Å²) in [4.78, 5) is 23.9. The third-order valence-corrected chi connectivity index (χ3v) is 3.29. The van der Waals surface area contributed by atoms with E-state index in [1.54, 1.807) is 30.3 Å². The van der Waals surface area contributed by atoms with Crippen molar-refractivity contribution in [3.8, 4) is 11.5 Å². The molecule has 0 aromatic heterocycles. The predicted octanol–water partition coefficient (Wildman–Crippen LogP) is 3.32. The second-order valence-corrected chi connectivity index (χ2v) is 6.77. The molecule has 0 aliphatic heterocycles. The third-order valence-electron chi connectivity index (χ3n) is 3.03. The smallest absolute Gasteiger partial charge is 0.330 e. The van der Waals surface area contributed by atoms with Gasteiger partial charge in [-0.3, -0.25) is 4.79 Å². The lowest BCUT2D eigenvalue weighted by atomic mass is 10.2. The minimum Gasteiger partial charge on any atom is -0.489 e. The standard InChI is InChI=1S/C18H17BrFNO4/c1-12(19)11-24-15-8-7-14(20)9-16(15)25-17(22)10-21-18(23)13-5-3-2-4-6-13/h2-9,12H,10-11H2,1H3,(H,21,23)/t12-/m1/s1. The lowest BCUT2D eigenvalue weighted by molar-refractivity contribution is -0.133. The Kier molecular flexibility index (Phi) is 6.94. The zero-order valence-electron chi connectivity index (χ0n) is 13.5. The highest BCUT2D eigenvalue weighted by atomic mass is 79.9. The van der Waals surface area contributed by atoms with Crippen LogP contribution < -0.4 is 14.8 Å². The zero-order valence-corrected chi connectivity index (χ0v) is 15.1. The largest absolute Gasteiger partial charge is 0.489 e. The van der Waals surface area contributed by atoms with E-state index in [1.165, 1.54) is 12.1 Å². The minimum absolute atomic E-state index is 0.0351. The van der Waals surface area contributed by atoms with Crippen LogP contribution in [0.15, 0.2) is 48.5 Å². The summed E-state index contributed by atoms with van der Waals surface area (Å²) in [6.07, 6.45) is 0. The molecule has 2 aromatic carbocycles. The van der Waals surface area contributed by atoms with Gasteiger partial charge in [0.1, 0.15) is 19.0 Å². The summed E-state index contributed by atoms with van der Waals surface area (Å²) in [5.74, 6) is -1.48. The van der Waals surface area contributed by atoms with Gasteiger partial charge in [-0.05, 0) is 31.2 Å². The van der Waals surface area contributed by atoms with Gasteiger partial charge in [0.05, 0.1) is 0 Å². The number of benzene rings is 2. The van der Waals surface area contributed by atoms with Gasteiger partial charge in [-0.2, -0.15) is 0 Å². The van der Waals surface area contributed by atoms with Crippen LogP contribution in [-0.4, -0.2) is 29.9 Å². The van der Waals surface area contributed by atoms with Gasteiger partial charge in [-0.25, -0.2) is 9.18 Å². The number of carbonyl (C=O) groups excluding carboxylic acids is 2. The first-order valence-corrected chi connectivity index (χ1v) is 8.47. The maximum atomic E-state index is 13.4. The Morgan fingerprint density at radius 2 is 1.88 bits per heavy atom. The Labute approximate surface area is 153 Å². The van der Waals surface area contributed by atoms with Crippen molar-refractivity contribution < 1.29 is 23.5 Å². The minimum atomic E-state index is -0.730. The average Bonchev–Trinajstić information content (AvgIpc) is 2.59. The maximum absolute atomic E-state index is 13.4. The van der Waals surface area contributed by atoms with E-state index in [2.05, 4.69) is 21.2 Å². The number of alkyl halides is 1. The van der Waals surface area contributed by atoms with Crippen molar-refractivity contribution in [3.05, 3.63) is 59.9 Å². The monoisotopic (exact) mass is 409 g/mol. The molecule has 0 spiro atoms. The highest BCUT2D eigenvalue weighted by Crippen LogP contribution is 2.28. The Balaban J connectivity index is 1.95. The van der Waals surface area contributed by atoms with Crippen LogP contribution in [0.2, 0.25) is 0 Å². The molecular formula is C18H17BrFNO4. The lowest BCUT2D eigenvalue weighted by Gasteiger charge is -2.13. The second kappa shape index (κ2) is 9.17. The molecule has 1 N–H and O–H groups in total. The van der Waals surface area contributed by atoms with Crippen molar-refractivity contribution in [3.63, 3.8) is 0 Å². The Bertz CT molecular complexity index is 737. The first kappa shape index (κ1) is 18.9. The van der Waals surface area contributed by atoms with Gasteiger partial charge in [-0.1, -0.05) is 34.1 Å². The molecule has 0 radical (unpaired) electrons. The van der Waals surface area contributed by atoms with Crippen LogP contribution in [-0.2, 0) is 4.79 Å². The van der Waals surface area contributed by atoms with Gasteiger partial charge >= 0.3 is 5.97 Å². The van der Waals surface area contributed by atoms with Gasteiger partial charge in [0.2, 0.25) is 0 Å². The van der Waals surface area contributed by atoms with E-state index in [4.69, 9.17) is 9.47 Å². The van der Waals surface area contributed by atoms with Gasteiger partial charge in [-0.15, -0.1) is 0 Å². The molecule has 0 aliphatic carbocycles. The molecular weight excluding hydrogens is 393 g/mol. The van der Waals surface area contributed by atoms with Crippen molar-refractivity contribution in [2.24, 2.45) is 0 Å². The highest BCUT2D eigenvalue weighted by molar-refractivity contribution is 9.09. The number of ether oxygens (including phenoxy) is 2. The van der Waals surface area contributed by atoms with Gasteiger partial charge in [0.15, 0.2) is 11.5 Å². The third kappa shape index (κ3) is 6.19. The molecule has 2 rings (SSSR count). The second-order valence-electron chi connectivity index (χ2n) is 5.21. The molecule has 1 amide bonds. The Hall–Kier alpha value is -2.41. The Morgan fingerprint density at radius 3 is 2.56 bits per heavy atom. The van der Waals surface area contributed by atoms with E-state index >= 15 is 0 Å². The molecule has 0 heterocycles. The fraction of sp³-hybridized carbons (Fsp3) is 0.222. The summed E-state index contributed by atoms with van der Waals surface area (Å²) in [5, 5.41) is 2.45. The quantitative estimate of drug-likeness (QED) is 0.432. The van der Waals surface area contributed by atoms with Crippen LogP contribution in [0.25, 0.3) is 0 Å². The summed E-state index contributed by atoms with van der Waals surface area (Å²) >= 11 is 3.33. The SMILES string of the molecule is C[C@@H](Br)COc1ccc(F)cc1OC(=O)CNC(=O)c1ccccc1. The van der Waals surface area contributed by atoms with Crippen LogP contribution >= 0.6 is 15.9 Å². The van der Waals surface area contributed by atoms with Crippen molar-refractivity contribution in [2.45, 2.75) is 11.8 Å². The molecule has 0 saturated heterocycles. The number of halogens is 2. The van der Waals surface area contributed by atoms with E-state index in [0.717, 1.165) is 6.07 Å². The summed E-state index contributed by atoms with van der Waals surface area (Å²) in [5.41, 5.74) is 0.427. The number of rotatable bonds is 7. The number of hydrogen-bond donors (Lipinski definition) is 1. The molecule has 25 heavy (non-hydrogen) atoms. The fourth-order valence-corrected chi connectivity index (χ4v) is 2.02. The van der Waals surface area contributed by atoms with Crippen LogP contribution in [0, 0.1) is 5.82 Å². The molecule has 5 nitrogen and oxygen atoms in total. The van der Waals surface area contributed by atoms with Crippen molar-refractivity contribution in [1.82, 2.24) is 5.32 Å². The number of carbonyl (C=O) groups is 2. The average molecular weight is 410 g/mol. The fourth-order valence-electron chi connectivity index (χ4n) is 1.89. The first-order chi connectivity index (χ1) is 12.0. The molecule has 0 bridgehead atoms. The summed E-state index contributed by atoms with van der Waals surface area (Å²) in [6, 6.07) is 12.1. The van der Waals surface area contributed by atoms with E-state index in [-0.39, 0.29) is 22.9 Å². The van der Waals surface area contributed by atoms with E-state index in [1.807, 2.05) is 6.92 Å². The van der Waals surface area contributed by atoms with Crippen LogP contribution in [0.3, 0.4) is 0 Å². The topological polar surface area (TPSA) is 64.6 Å². The molecule has 7 heteroatoms. The number of esters is 1. The Morgan fingerprint density at radius 1 is 1.16 bits per heavy atom. The van der Waals surface area contributed by atoms with E-state index in [0.29, 0.717) is 12.2 Å².